The summed E-state index contributed by atoms with van der Waals surface area (Å²) < 4.78 is 85.6. The van der Waals surface area contributed by atoms with Crippen molar-refractivity contribution in [3.63, 3.8) is 0 Å². The molecule has 1 aromatic carbocycles. The lowest BCUT2D eigenvalue weighted by atomic mass is 9.79. The van der Waals surface area contributed by atoms with Crippen molar-refractivity contribution in [2.24, 2.45) is 0 Å². The Kier molecular flexibility index (Phi) is 3.31. The molecule has 2 heterocycles. The van der Waals surface area contributed by atoms with Gasteiger partial charge in [-0.15, -0.1) is 0 Å². The average Bonchev–Trinajstić information content (AvgIpc) is 2.86. The van der Waals surface area contributed by atoms with E-state index >= 15 is 0 Å². The molecule has 28 heavy (non-hydrogen) atoms. The molecule has 0 unspecified atom stereocenters. The van der Waals surface area contributed by atoms with Gasteiger partial charge in [-0.2, -0.15) is 0 Å². The molecule has 0 atom stereocenters. The van der Waals surface area contributed by atoms with Gasteiger partial charge >= 0.3 is 13.2 Å². The Morgan fingerprint density at radius 2 is 1.68 bits per heavy atom. The number of hydrogen-bond acceptors (Lipinski definition) is 5. The second-order valence-electron chi connectivity index (χ2n) is 8.78. The molecule has 2 saturated heterocycles. The summed E-state index contributed by atoms with van der Waals surface area (Å²) in [6, 6.07) is 5.83. The fourth-order valence-electron chi connectivity index (χ4n) is 2.57. The van der Waals surface area contributed by atoms with Gasteiger partial charge < -0.3 is 23.8 Å². The number of ether oxygens (including phenoxy) is 1. The molecule has 1 amide bonds. The summed E-state index contributed by atoms with van der Waals surface area (Å²) in [4.78, 5) is 13.1. The lowest BCUT2D eigenvalue weighted by Crippen LogP contribution is -2.50. The van der Waals surface area contributed by atoms with Crippen molar-refractivity contribution in [1.82, 2.24) is 4.90 Å². The summed E-state index contributed by atoms with van der Waals surface area (Å²) in [6.07, 6.45) is -1.52. The maximum atomic E-state index is 12.9. The molecule has 3 rings (SSSR count). The highest BCUT2D eigenvalue weighted by Gasteiger charge is 2.51. The van der Waals surface area contributed by atoms with Crippen molar-refractivity contribution < 1.29 is 29.8 Å². The SMILES string of the molecule is [2H]C1([2H])N(C(=O)OC(C)(C)C)C([2H])([2H])C([2H])([2H])N(c2cccc(B3OC(C)(C)C(C)(C)O3)c2)C1([2H])[2H]. The van der Waals surface area contributed by atoms with Crippen molar-refractivity contribution in [2.45, 2.75) is 65.3 Å². The third-order valence-corrected chi connectivity index (χ3v) is 4.78. The van der Waals surface area contributed by atoms with E-state index in [0.29, 0.717) is 10.4 Å². The number of carbonyl (C=O) groups is 1. The molecule has 1 aromatic rings. The summed E-state index contributed by atoms with van der Waals surface area (Å²) in [6.45, 7) is -1.28. The first-order chi connectivity index (χ1) is 15.9. The van der Waals surface area contributed by atoms with Crippen LogP contribution < -0.4 is 10.4 Å². The van der Waals surface area contributed by atoms with Crippen LogP contribution in [0.3, 0.4) is 0 Å². The van der Waals surface area contributed by atoms with Crippen LogP contribution in [0.4, 0.5) is 10.5 Å². The Morgan fingerprint density at radius 3 is 2.21 bits per heavy atom. The van der Waals surface area contributed by atoms with Crippen LogP contribution in [-0.2, 0) is 14.0 Å². The van der Waals surface area contributed by atoms with Gasteiger partial charge in [-0.3, -0.25) is 0 Å². The summed E-state index contributed by atoms with van der Waals surface area (Å²) >= 11 is 0. The molecule has 0 aromatic heterocycles. The second kappa shape index (κ2) is 7.27. The zero-order valence-electron chi connectivity index (χ0n) is 25.4. The number of amides is 1. The average molecular weight is 396 g/mol. The van der Waals surface area contributed by atoms with Gasteiger partial charge in [-0.05, 0) is 66.1 Å². The maximum absolute atomic E-state index is 12.9. The summed E-state index contributed by atoms with van der Waals surface area (Å²) in [5.74, 6) is 0. The molecule has 0 radical (unpaired) electrons. The Morgan fingerprint density at radius 1 is 1.11 bits per heavy atom. The summed E-state index contributed by atoms with van der Waals surface area (Å²) in [5, 5.41) is 0. The number of benzene rings is 1. The fraction of sp³-hybridized carbons (Fsp3) is 0.667. The quantitative estimate of drug-likeness (QED) is 0.720. The Balaban J connectivity index is 2.11. The van der Waals surface area contributed by atoms with Crippen molar-refractivity contribution in [2.75, 3.05) is 30.9 Å². The van der Waals surface area contributed by atoms with E-state index in [0.717, 1.165) is 0 Å². The maximum Gasteiger partial charge on any atom is 0.494 e. The van der Waals surface area contributed by atoms with Crippen molar-refractivity contribution in [3.05, 3.63) is 24.3 Å². The van der Waals surface area contributed by atoms with E-state index in [2.05, 4.69) is 0 Å². The molecule has 2 aliphatic rings. The molecular formula is C21H33BN2O4. The molecule has 2 fully saturated rings. The van der Waals surface area contributed by atoms with Gasteiger partial charge in [0.15, 0.2) is 0 Å². The van der Waals surface area contributed by atoms with Crippen molar-refractivity contribution in [1.29, 1.82) is 0 Å². The van der Waals surface area contributed by atoms with Gasteiger partial charge in [-0.25, -0.2) is 4.79 Å². The second-order valence-corrected chi connectivity index (χ2v) is 8.78. The normalized spacial score (nSPS) is 33.2. The topological polar surface area (TPSA) is 51.2 Å². The highest BCUT2D eigenvalue weighted by Crippen LogP contribution is 2.36. The largest absolute Gasteiger partial charge is 0.494 e. The molecule has 0 saturated carbocycles. The first kappa shape index (κ1) is 12.8. The lowest BCUT2D eigenvalue weighted by molar-refractivity contribution is 0.00578. The predicted molar refractivity (Wildman–Crippen MR) is 112 cm³/mol. The van der Waals surface area contributed by atoms with Crippen molar-refractivity contribution >= 4 is 24.4 Å². The highest BCUT2D eigenvalue weighted by atomic mass is 16.7. The van der Waals surface area contributed by atoms with E-state index in [9.17, 15) is 4.79 Å². The van der Waals surface area contributed by atoms with Gasteiger partial charge in [0.2, 0.25) is 0 Å². The van der Waals surface area contributed by atoms with Gasteiger partial charge in [0.25, 0.3) is 0 Å². The van der Waals surface area contributed by atoms with Crippen molar-refractivity contribution in [3.8, 4) is 0 Å². The highest BCUT2D eigenvalue weighted by molar-refractivity contribution is 6.62. The Hall–Kier alpha value is -1.73. The number of hydrogen-bond donors (Lipinski definition) is 0. The number of rotatable bonds is 2. The number of carbonyl (C=O) groups excluding carboxylic acids is 1. The number of anilines is 1. The van der Waals surface area contributed by atoms with E-state index in [-0.39, 0.29) is 10.6 Å². The fourth-order valence-corrected chi connectivity index (χ4v) is 2.57. The predicted octanol–water partition coefficient (Wildman–Crippen LogP) is 3.04. The third-order valence-electron chi connectivity index (χ3n) is 4.78. The van der Waals surface area contributed by atoms with E-state index in [1.54, 1.807) is 6.07 Å². The van der Waals surface area contributed by atoms with Gasteiger partial charge in [0, 0.05) is 31.7 Å². The van der Waals surface area contributed by atoms with Gasteiger partial charge in [0.05, 0.1) is 22.2 Å². The van der Waals surface area contributed by atoms with E-state index in [4.69, 9.17) is 25.0 Å². The molecule has 7 heteroatoms. The first-order valence-corrected chi connectivity index (χ1v) is 9.19. The Bertz CT molecular complexity index is 1000. The molecule has 0 bridgehead atoms. The molecule has 0 N–H and O–H groups in total. The van der Waals surface area contributed by atoms with Crippen LogP contribution >= 0.6 is 0 Å². The van der Waals surface area contributed by atoms with Crippen LogP contribution in [-0.4, -0.2) is 60.9 Å². The third kappa shape index (κ3) is 4.46. The number of piperazine rings is 1. The molecule has 0 spiro atoms. The van der Waals surface area contributed by atoms with E-state index in [1.807, 2.05) is 27.7 Å². The zero-order valence-corrected chi connectivity index (χ0v) is 17.4. The van der Waals surface area contributed by atoms with Crippen LogP contribution in [0.25, 0.3) is 0 Å². The number of nitrogens with zero attached hydrogens (tertiary/aromatic N) is 2. The van der Waals surface area contributed by atoms with Crippen LogP contribution in [0.2, 0.25) is 0 Å². The summed E-state index contributed by atoms with van der Waals surface area (Å²) in [5.41, 5.74) is -2.26. The van der Waals surface area contributed by atoms with Gasteiger partial charge in [-0.1, -0.05) is 12.1 Å². The van der Waals surface area contributed by atoms with E-state index in [1.165, 1.54) is 39.0 Å². The minimum Gasteiger partial charge on any atom is -0.444 e. The van der Waals surface area contributed by atoms with Crippen LogP contribution in [0.5, 0.6) is 0 Å². The first-order valence-electron chi connectivity index (χ1n) is 13.2. The molecule has 0 aliphatic carbocycles. The Labute approximate surface area is 180 Å². The summed E-state index contributed by atoms with van der Waals surface area (Å²) in [7, 11) is -0.872. The van der Waals surface area contributed by atoms with Crippen LogP contribution in [0, 0.1) is 0 Å². The standard InChI is InChI=1S/C21H33BN2O4/c1-19(2,3)26-18(25)24-13-11-23(12-14-24)17-10-8-9-16(15-17)22-27-20(4,5)21(6,7)28-22/h8-10,15H,11-14H2,1-7H3/i11D2,12D2,13D2,14D2. The smallest absolute Gasteiger partial charge is 0.444 e. The van der Waals surface area contributed by atoms with Crippen LogP contribution in [0.15, 0.2) is 24.3 Å². The zero-order chi connectivity index (χ0) is 27.9. The van der Waals surface area contributed by atoms with Gasteiger partial charge in [0.1, 0.15) is 5.60 Å². The molecule has 6 nitrogen and oxygen atoms in total. The van der Waals surface area contributed by atoms with E-state index < -0.39 is 56.0 Å². The molecule has 2 aliphatic heterocycles. The molecule has 154 valence electrons. The lowest BCUT2D eigenvalue weighted by Gasteiger charge is -2.37. The van der Waals surface area contributed by atoms with Crippen LogP contribution in [0.1, 0.15) is 59.4 Å². The molecular weight excluding hydrogens is 355 g/mol. The minimum absolute atomic E-state index is 0.125. The monoisotopic (exact) mass is 396 g/mol. The minimum atomic E-state index is -3.34.